The van der Waals surface area contributed by atoms with E-state index in [0.29, 0.717) is 28.3 Å². The molecule has 0 unspecified atom stereocenters. The molecule has 0 aromatic heterocycles. The maximum atomic E-state index is 13.0. The number of thioether (sulfide) groups is 1. The van der Waals surface area contributed by atoms with E-state index < -0.39 is 0 Å². The topological polar surface area (TPSA) is 41.9 Å². The molecule has 0 spiro atoms. The normalized spacial score (nSPS) is 16.7. The Kier molecular flexibility index (Phi) is 6.79. The molecule has 4 nitrogen and oxygen atoms in total. The molecule has 0 N–H and O–H groups in total. The Morgan fingerprint density at radius 2 is 1.86 bits per heavy atom. The molecular formula is C24H24N2O2S. The van der Waals surface area contributed by atoms with Gasteiger partial charge in [0.1, 0.15) is 12.4 Å². The van der Waals surface area contributed by atoms with Gasteiger partial charge < -0.3 is 4.74 Å². The van der Waals surface area contributed by atoms with Crippen molar-refractivity contribution in [3.63, 3.8) is 0 Å². The molecule has 5 heteroatoms. The Hall–Kier alpha value is -2.97. The van der Waals surface area contributed by atoms with Gasteiger partial charge >= 0.3 is 0 Å². The third-order valence-electron chi connectivity index (χ3n) is 4.19. The zero-order valence-corrected chi connectivity index (χ0v) is 17.7. The molecule has 0 aliphatic carbocycles. The van der Waals surface area contributed by atoms with Crippen LogP contribution in [0.25, 0.3) is 6.08 Å². The predicted molar refractivity (Wildman–Crippen MR) is 121 cm³/mol. The summed E-state index contributed by atoms with van der Waals surface area (Å²) < 4.78 is 5.40. The molecule has 148 valence electrons. The molecular weight excluding hydrogens is 380 g/mol. The number of aliphatic imine (C=N–C) groups is 1. The van der Waals surface area contributed by atoms with E-state index in [1.165, 1.54) is 17.3 Å². The van der Waals surface area contributed by atoms with Crippen molar-refractivity contribution in [2.45, 2.75) is 20.8 Å². The lowest BCUT2D eigenvalue weighted by Gasteiger charge is -2.17. The number of benzene rings is 2. The molecule has 2 aromatic carbocycles. The van der Waals surface area contributed by atoms with Gasteiger partial charge in [0.25, 0.3) is 5.91 Å². The van der Waals surface area contributed by atoms with Crippen LogP contribution < -0.4 is 4.74 Å². The largest absolute Gasteiger partial charge is 0.481 e. The second kappa shape index (κ2) is 9.49. The van der Waals surface area contributed by atoms with Crippen molar-refractivity contribution in [2.24, 2.45) is 10.9 Å². The summed E-state index contributed by atoms with van der Waals surface area (Å²) >= 11 is 1.41. The number of aryl methyl sites for hydroxylation is 1. The summed E-state index contributed by atoms with van der Waals surface area (Å²) in [6.45, 7) is 7.10. The molecule has 3 rings (SSSR count). The van der Waals surface area contributed by atoms with Crippen LogP contribution >= 0.6 is 11.8 Å². The van der Waals surface area contributed by atoms with E-state index in [2.05, 4.69) is 19.8 Å². The van der Waals surface area contributed by atoms with Crippen molar-refractivity contribution in [1.82, 2.24) is 4.90 Å². The fraction of sp³-hybridized carbons (Fsp3) is 0.250. The summed E-state index contributed by atoms with van der Waals surface area (Å²) in [5.74, 6) is 3.48. The minimum Gasteiger partial charge on any atom is -0.481 e. The first kappa shape index (κ1) is 20.8. The van der Waals surface area contributed by atoms with E-state index in [-0.39, 0.29) is 12.5 Å². The van der Waals surface area contributed by atoms with Crippen molar-refractivity contribution in [3.8, 4) is 18.1 Å². The minimum atomic E-state index is -0.0118. The van der Waals surface area contributed by atoms with E-state index in [1.54, 1.807) is 4.90 Å². The number of carbonyl (C=O) groups is 1. The minimum absolute atomic E-state index is 0.0118. The van der Waals surface area contributed by atoms with Crippen LogP contribution in [0.5, 0.6) is 5.75 Å². The van der Waals surface area contributed by atoms with Crippen molar-refractivity contribution in [3.05, 3.63) is 64.6 Å². The van der Waals surface area contributed by atoms with Crippen molar-refractivity contribution in [2.75, 3.05) is 13.2 Å². The Bertz CT molecular complexity index is 967. The van der Waals surface area contributed by atoms with Gasteiger partial charge in [-0.15, -0.1) is 6.42 Å². The van der Waals surface area contributed by atoms with Gasteiger partial charge in [-0.2, -0.15) is 0 Å². The van der Waals surface area contributed by atoms with Gasteiger partial charge in [-0.05, 0) is 60.5 Å². The van der Waals surface area contributed by atoms with Gasteiger partial charge in [0.05, 0.1) is 10.6 Å². The molecule has 1 aliphatic heterocycles. The van der Waals surface area contributed by atoms with Crippen molar-refractivity contribution >= 4 is 34.6 Å². The van der Waals surface area contributed by atoms with E-state index in [4.69, 9.17) is 16.2 Å². The van der Waals surface area contributed by atoms with Crippen LogP contribution in [-0.2, 0) is 4.79 Å². The standard InChI is InChI=1S/C24H24N2O2S/c1-5-14-28-21-12-8-19(9-13-21)15-22-23(27)26(16-17(2)3)24(29-22)25-20-10-6-18(4)7-11-20/h1,6-13,15,17H,14,16H2,2-4H3/b22-15+,25-24?. The Morgan fingerprint density at radius 3 is 2.48 bits per heavy atom. The summed E-state index contributed by atoms with van der Waals surface area (Å²) in [6.07, 6.45) is 7.10. The summed E-state index contributed by atoms with van der Waals surface area (Å²) in [7, 11) is 0. The quantitative estimate of drug-likeness (QED) is 0.487. The molecule has 1 amide bonds. The highest BCUT2D eigenvalue weighted by Crippen LogP contribution is 2.34. The molecule has 1 saturated heterocycles. The lowest BCUT2D eigenvalue weighted by atomic mass is 10.2. The Balaban J connectivity index is 1.86. The van der Waals surface area contributed by atoms with Gasteiger partial charge in [0, 0.05) is 6.54 Å². The first-order chi connectivity index (χ1) is 14.0. The zero-order chi connectivity index (χ0) is 20.8. The van der Waals surface area contributed by atoms with Gasteiger partial charge in [0.15, 0.2) is 5.17 Å². The highest BCUT2D eigenvalue weighted by Gasteiger charge is 2.33. The summed E-state index contributed by atoms with van der Waals surface area (Å²) in [5, 5.41) is 0.716. The number of ether oxygens (including phenoxy) is 1. The highest BCUT2D eigenvalue weighted by molar-refractivity contribution is 8.18. The number of amidine groups is 1. The van der Waals surface area contributed by atoms with E-state index in [0.717, 1.165) is 11.3 Å². The van der Waals surface area contributed by atoms with Crippen LogP contribution in [0.3, 0.4) is 0 Å². The molecule has 1 heterocycles. The van der Waals surface area contributed by atoms with Crippen LogP contribution in [0.2, 0.25) is 0 Å². The number of terminal acetylenes is 1. The Labute approximate surface area is 176 Å². The van der Waals surface area contributed by atoms with Crippen LogP contribution in [0.1, 0.15) is 25.0 Å². The van der Waals surface area contributed by atoms with Gasteiger partial charge in [-0.3, -0.25) is 9.69 Å². The molecule has 0 bridgehead atoms. The number of amides is 1. The van der Waals surface area contributed by atoms with Crippen LogP contribution in [0, 0.1) is 25.2 Å². The highest BCUT2D eigenvalue weighted by atomic mass is 32.2. The molecule has 0 atom stereocenters. The molecule has 29 heavy (non-hydrogen) atoms. The van der Waals surface area contributed by atoms with Gasteiger partial charge in [-0.1, -0.05) is 49.6 Å². The maximum absolute atomic E-state index is 13.0. The van der Waals surface area contributed by atoms with E-state index >= 15 is 0 Å². The molecule has 0 saturated carbocycles. The molecule has 1 fully saturated rings. The van der Waals surface area contributed by atoms with Gasteiger partial charge in [-0.25, -0.2) is 4.99 Å². The third kappa shape index (κ3) is 5.52. The lowest BCUT2D eigenvalue weighted by molar-refractivity contribution is -0.122. The molecule has 0 radical (unpaired) electrons. The third-order valence-corrected chi connectivity index (χ3v) is 5.20. The maximum Gasteiger partial charge on any atom is 0.266 e. The fourth-order valence-electron chi connectivity index (χ4n) is 2.78. The summed E-state index contributed by atoms with van der Waals surface area (Å²) in [5.41, 5.74) is 2.95. The predicted octanol–water partition coefficient (Wildman–Crippen LogP) is 5.27. The number of hydrogen-bond acceptors (Lipinski definition) is 4. The first-order valence-corrected chi connectivity index (χ1v) is 10.3. The number of hydrogen-bond donors (Lipinski definition) is 0. The van der Waals surface area contributed by atoms with E-state index in [9.17, 15) is 4.79 Å². The molecule has 1 aliphatic rings. The van der Waals surface area contributed by atoms with E-state index in [1.807, 2.05) is 61.5 Å². The number of rotatable bonds is 6. The smallest absolute Gasteiger partial charge is 0.266 e. The van der Waals surface area contributed by atoms with Crippen molar-refractivity contribution < 1.29 is 9.53 Å². The average Bonchev–Trinajstić information content (AvgIpc) is 2.97. The SMILES string of the molecule is C#CCOc1ccc(/C=C2/SC(=Nc3ccc(C)cc3)N(CC(C)C)C2=O)cc1. The second-order valence-corrected chi connectivity index (χ2v) is 8.22. The number of nitrogens with zero attached hydrogens (tertiary/aromatic N) is 2. The van der Waals surface area contributed by atoms with Gasteiger partial charge in [0.2, 0.25) is 0 Å². The summed E-state index contributed by atoms with van der Waals surface area (Å²) in [6, 6.07) is 15.5. The first-order valence-electron chi connectivity index (χ1n) is 9.49. The monoisotopic (exact) mass is 404 g/mol. The van der Waals surface area contributed by atoms with Crippen molar-refractivity contribution in [1.29, 1.82) is 0 Å². The Morgan fingerprint density at radius 1 is 1.17 bits per heavy atom. The van der Waals surface area contributed by atoms with Crippen LogP contribution in [-0.4, -0.2) is 29.1 Å². The average molecular weight is 405 g/mol. The zero-order valence-electron chi connectivity index (χ0n) is 16.9. The second-order valence-electron chi connectivity index (χ2n) is 7.21. The lowest BCUT2D eigenvalue weighted by Crippen LogP contribution is -2.32. The van der Waals surface area contributed by atoms with Crippen LogP contribution in [0.15, 0.2) is 58.4 Å². The van der Waals surface area contributed by atoms with Crippen LogP contribution in [0.4, 0.5) is 5.69 Å². The molecule has 2 aromatic rings. The summed E-state index contributed by atoms with van der Waals surface area (Å²) in [4.78, 5) is 20.2. The number of carbonyl (C=O) groups excluding carboxylic acids is 1. The fourth-order valence-corrected chi connectivity index (χ4v) is 3.79.